The molecule has 1 aromatic heterocycles. The van der Waals surface area contributed by atoms with E-state index in [1.807, 2.05) is 7.05 Å². The Morgan fingerprint density at radius 3 is 2.73 bits per heavy atom. The van der Waals surface area contributed by atoms with Crippen molar-refractivity contribution in [2.45, 2.75) is 20.3 Å². The summed E-state index contributed by atoms with van der Waals surface area (Å²) in [4.78, 5) is 14.7. The van der Waals surface area contributed by atoms with Crippen molar-refractivity contribution in [3.63, 3.8) is 0 Å². The van der Waals surface area contributed by atoms with Crippen LogP contribution in [0.1, 0.15) is 16.8 Å². The lowest BCUT2D eigenvalue weighted by Crippen LogP contribution is -2.13. The van der Waals surface area contributed by atoms with Crippen molar-refractivity contribution in [1.82, 2.24) is 10.3 Å². The first-order valence-electron chi connectivity index (χ1n) is 4.82. The third-order valence-corrected chi connectivity index (χ3v) is 2.37. The van der Waals surface area contributed by atoms with Gasteiger partial charge < -0.3 is 5.32 Å². The Bertz CT molecular complexity index is 377. The highest BCUT2D eigenvalue weighted by Gasteiger charge is 2.17. The Morgan fingerprint density at radius 2 is 2.20 bits per heavy atom. The van der Waals surface area contributed by atoms with E-state index in [9.17, 15) is 10.1 Å². The van der Waals surface area contributed by atoms with Gasteiger partial charge in [-0.3, -0.25) is 15.1 Å². The van der Waals surface area contributed by atoms with E-state index in [2.05, 4.69) is 10.3 Å². The molecular formula is C10H15N3O2. The second-order valence-corrected chi connectivity index (χ2v) is 3.47. The molecule has 0 unspecified atom stereocenters. The van der Waals surface area contributed by atoms with Crippen molar-refractivity contribution in [2.75, 3.05) is 13.6 Å². The summed E-state index contributed by atoms with van der Waals surface area (Å²) >= 11 is 0. The predicted octanol–water partition coefficient (Wildman–Crippen LogP) is 1.37. The maximum absolute atomic E-state index is 10.8. The molecule has 1 N–H and O–H groups in total. The molecule has 0 aliphatic rings. The van der Waals surface area contributed by atoms with Gasteiger partial charge >= 0.3 is 0 Å². The lowest BCUT2D eigenvalue weighted by atomic mass is 10.1. The summed E-state index contributed by atoms with van der Waals surface area (Å²) in [6.07, 6.45) is 2.28. The first-order chi connectivity index (χ1) is 7.07. The van der Waals surface area contributed by atoms with Gasteiger partial charge in [0.1, 0.15) is 0 Å². The molecule has 0 saturated heterocycles. The van der Waals surface area contributed by atoms with Gasteiger partial charge in [-0.25, -0.2) is 0 Å². The number of nitrogens with zero attached hydrogens (tertiary/aromatic N) is 2. The maximum atomic E-state index is 10.8. The second-order valence-electron chi connectivity index (χ2n) is 3.47. The number of aryl methyl sites for hydroxylation is 1. The summed E-state index contributed by atoms with van der Waals surface area (Å²) in [5.41, 5.74) is 2.28. The Labute approximate surface area is 88.7 Å². The van der Waals surface area contributed by atoms with Gasteiger partial charge in [0.25, 0.3) is 5.69 Å². The van der Waals surface area contributed by atoms with Gasteiger partial charge in [0.15, 0.2) is 0 Å². The van der Waals surface area contributed by atoms with Crippen molar-refractivity contribution in [1.29, 1.82) is 0 Å². The highest BCUT2D eigenvalue weighted by molar-refractivity contribution is 5.47. The SMILES string of the molecule is CNCCc1ncc(C)c([N+](=O)[O-])c1C. The van der Waals surface area contributed by atoms with Gasteiger partial charge in [-0.1, -0.05) is 0 Å². The number of hydrogen-bond acceptors (Lipinski definition) is 4. The number of likely N-dealkylation sites (N-methyl/N-ethyl adjacent to an activating group) is 1. The van der Waals surface area contributed by atoms with Gasteiger partial charge in [0.2, 0.25) is 0 Å². The van der Waals surface area contributed by atoms with E-state index in [1.54, 1.807) is 20.0 Å². The lowest BCUT2D eigenvalue weighted by Gasteiger charge is -2.06. The highest BCUT2D eigenvalue weighted by Crippen LogP contribution is 2.23. The van der Waals surface area contributed by atoms with E-state index in [0.717, 1.165) is 12.2 Å². The van der Waals surface area contributed by atoms with E-state index in [1.165, 1.54) is 0 Å². The van der Waals surface area contributed by atoms with Crippen LogP contribution in [0.15, 0.2) is 6.20 Å². The van der Waals surface area contributed by atoms with Gasteiger partial charge in [0, 0.05) is 30.3 Å². The Hall–Kier alpha value is -1.49. The summed E-state index contributed by atoms with van der Waals surface area (Å²) in [6.45, 7) is 4.23. The molecule has 0 radical (unpaired) electrons. The zero-order valence-electron chi connectivity index (χ0n) is 9.20. The molecular weight excluding hydrogens is 194 g/mol. The maximum Gasteiger partial charge on any atom is 0.278 e. The van der Waals surface area contributed by atoms with Crippen LogP contribution in [0, 0.1) is 24.0 Å². The smallest absolute Gasteiger partial charge is 0.278 e. The second kappa shape index (κ2) is 4.84. The van der Waals surface area contributed by atoms with Crippen molar-refractivity contribution in [2.24, 2.45) is 0 Å². The number of hydrogen-bond donors (Lipinski definition) is 1. The normalized spacial score (nSPS) is 10.3. The Morgan fingerprint density at radius 1 is 1.53 bits per heavy atom. The molecule has 0 bridgehead atoms. The number of rotatable bonds is 4. The standard InChI is InChI=1S/C10H15N3O2/c1-7-6-12-9(4-5-11-3)8(2)10(7)13(14)15/h6,11H,4-5H2,1-3H3. The van der Waals surface area contributed by atoms with Gasteiger partial charge in [0.05, 0.1) is 10.6 Å². The molecule has 0 aliphatic carbocycles. The summed E-state index contributed by atoms with van der Waals surface area (Å²) in [7, 11) is 1.85. The molecule has 0 amide bonds. The minimum absolute atomic E-state index is 0.191. The van der Waals surface area contributed by atoms with Gasteiger partial charge in [-0.15, -0.1) is 0 Å². The quantitative estimate of drug-likeness (QED) is 0.600. The number of pyridine rings is 1. The fourth-order valence-electron chi connectivity index (χ4n) is 1.54. The molecule has 15 heavy (non-hydrogen) atoms. The topological polar surface area (TPSA) is 68.1 Å². The summed E-state index contributed by atoms with van der Waals surface area (Å²) in [6, 6.07) is 0. The van der Waals surface area contributed by atoms with Crippen LogP contribution in [-0.2, 0) is 6.42 Å². The van der Waals surface area contributed by atoms with E-state index < -0.39 is 0 Å². The van der Waals surface area contributed by atoms with Crippen LogP contribution in [0.3, 0.4) is 0 Å². The van der Waals surface area contributed by atoms with Crippen molar-refractivity contribution in [3.05, 3.63) is 33.1 Å². The van der Waals surface area contributed by atoms with E-state index in [0.29, 0.717) is 17.5 Å². The molecule has 5 nitrogen and oxygen atoms in total. The van der Waals surface area contributed by atoms with Gasteiger partial charge in [-0.2, -0.15) is 0 Å². The molecule has 82 valence electrons. The van der Waals surface area contributed by atoms with Crippen LogP contribution < -0.4 is 5.32 Å². The average molecular weight is 209 g/mol. The fraction of sp³-hybridized carbons (Fsp3) is 0.500. The summed E-state index contributed by atoms with van der Waals surface area (Å²) in [5, 5.41) is 13.8. The third kappa shape index (κ3) is 2.50. The van der Waals surface area contributed by atoms with Crippen LogP contribution in [-0.4, -0.2) is 23.5 Å². The lowest BCUT2D eigenvalue weighted by molar-refractivity contribution is -0.386. The molecule has 0 fully saturated rings. The van der Waals surface area contributed by atoms with Crippen molar-refractivity contribution in [3.8, 4) is 0 Å². The largest absolute Gasteiger partial charge is 0.319 e. The zero-order chi connectivity index (χ0) is 11.4. The van der Waals surface area contributed by atoms with Crippen LogP contribution in [0.25, 0.3) is 0 Å². The first kappa shape index (κ1) is 11.6. The van der Waals surface area contributed by atoms with Crippen LogP contribution in [0.4, 0.5) is 5.69 Å². The molecule has 0 aromatic carbocycles. The molecule has 0 spiro atoms. The van der Waals surface area contributed by atoms with Crippen LogP contribution in [0.5, 0.6) is 0 Å². The van der Waals surface area contributed by atoms with E-state index in [4.69, 9.17) is 0 Å². The molecule has 1 heterocycles. The Balaban J connectivity index is 3.11. The van der Waals surface area contributed by atoms with Crippen LogP contribution >= 0.6 is 0 Å². The third-order valence-electron chi connectivity index (χ3n) is 2.37. The Kier molecular flexibility index (Phi) is 3.74. The molecule has 0 atom stereocenters. The minimum Gasteiger partial charge on any atom is -0.319 e. The molecule has 0 saturated carbocycles. The van der Waals surface area contributed by atoms with Crippen LogP contribution in [0.2, 0.25) is 0 Å². The molecule has 0 aliphatic heterocycles. The first-order valence-corrected chi connectivity index (χ1v) is 4.82. The fourth-order valence-corrected chi connectivity index (χ4v) is 1.54. The zero-order valence-corrected chi connectivity index (χ0v) is 9.20. The van der Waals surface area contributed by atoms with Gasteiger partial charge in [-0.05, 0) is 20.9 Å². The molecule has 5 heteroatoms. The number of nitrogens with one attached hydrogen (secondary N) is 1. The number of nitro groups is 1. The minimum atomic E-state index is -0.338. The highest BCUT2D eigenvalue weighted by atomic mass is 16.6. The summed E-state index contributed by atoms with van der Waals surface area (Å²) < 4.78 is 0. The average Bonchev–Trinajstić information content (AvgIpc) is 2.16. The summed E-state index contributed by atoms with van der Waals surface area (Å²) in [5.74, 6) is 0. The van der Waals surface area contributed by atoms with E-state index >= 15 is 0 Å². The predicted molar refractivity (Wildman–Crippen MR) is 58.0 cm³/mol. The van der Waals surface area contributed by atoms with Crippen molar-refractivity contribution >= 4 is 5.69 Å². The van der Waals surface area contributed by atoms with E-state index in [-0.39, 0.29) is 10.6 Å². The number of aromatic nitrogens is 1. The molecule has 1 rings (SSSR count). The molecule has 1 aromatic rings. The van der Waals surface area contributed by atoms with Crippen molar-refractivity contribution < 1.29 is 4.92 Å². The monoisotopic (exact) mass is 209 g/mol.